The Morgan fingerprint density at radius 3 is 1.41 bits per heavy atom. The fourth-order valence-corrected chi connectivity index (χ4v) is 6.27. The Morgan fingerprint density at radius 2 is 0.783 bits per heavy atom. The Balaban J connectivity index is 0.00000166. The van der Waals surface area contributed by atoms with Crippen LogP contribution in [0.5, 0.6) is 0 Å². The average Bonchev–Trinajstić information content (AvgIpc) is 3.48. The molecule has 46 heavy (non-hydrogen) atoms. The van der Waals surface area contributed by atoms with Crippen LogP contribution < -0.4 is 4.90 Å². The van der Waals surface area contributed by atoms with Gasteiger partial charge in [-0.05, 0) is 89.0 Å². The lowest BCUT2D eigenvalue weighted by Gasteiger charge is -2.26. The summed E-state index contributed by atoms with van der Waals surface area (Å²) >= 11 is 0. The number of hydrogen-bond donors (Lipinski definition) is 0. The topological polar surface area (TPSA) is 8.17 Å². The van der Waals surface area contributed by atoms with Gasteiger partial charge in [-0.1, -0.05) is 115 Å². The van der Waals surface area contributed by atoms with Crippen LogP contribution in [0.4, 0.5) is 17.1 Å². The van der Waals surface area contributed by atoms with E-state index in [0.717, 1.165) is 17.1 Å². The van der Waals surface area contributed by atoms with Crippen molar-refractivity contribution in [1.82, 2.24) is 4.57 Å². The number of aromatic nitrogens is 1. The number of hydrogen-bond acceptors (Lipinski definition) is 1. The quantitative estimate of drug-likeness (QED) is 0.175. The molecule has 0 saturated heterocycles. The molecule has 0 atom stereocenters. The van der Waals surface area contributed by atoms with Crippen LogP contribution in [-0.2, 0) is 0 Å². The van der Waals surface area contributed by atoms with Gasteiger partial charge in [0.25, 0.3) is 0 Å². The molecule has 0 saturated carbocycles. The minimum absolute atomic E-state index is 1.12. The Morgan fingerprint density at radius 1 is 0.348 bits per heavy atom. The minimum Gasteiger partial charge on any atom is -0.311 e. The lowest BCUT2D eigenvalue weighted by atomic mass is 10.0. The zero-order chi connectivity index (χ0) is 31.3. The summed E-state index contributed by atoms with van der Waals surface area (Å²) < 4.78 is 2.36. The predicted molar refractivity (Wildman–Crippen MR) is 198 cm³/mol. The molecule has 8 aromatic rings. The van der Waals surface area contributed by atoms with Crippen molar-refractivity contribution in [2.75, 3.05) is 4.90 Å². The highest BCUT2D eigenvalue weighted by Gasteiger charge is 2.15. The van der Waals surface area contributed by atoms with Crippen LogP contribution in [0.1, 0.15) is 0 Å². The van der Waals surface area contributed by atoms with Crippen molar-refractivity contribution in [1.29, 1.82) is 0 Å². The Hall–Kier alpha value is -6.12. The smallest absolute Gasteiger partial charge is 0.0541 e. The maximum absolute atomic E-state index is 3.00. The largest absolute Gasteiger partial charge is 0.311 e. The van der Waals surface area contributed by atoms with E-state index in [9.17, 15) is 0 Å². The van der Waals surface area contributed by atoms with E-state index < -0.39 is 0 Å². The first-order chi connectivity index (χ1) is 22.8. The molecule has 8 rings (SSSR count). The van der Waals surface area contributed by atoms with Gasteiger partial charge in [0.2, 0.25) is 0 Å². The third-order valence-corrected chi connectivity index (χ3v) is 8.39. The number of nitrogens with zero attached hydrogens (tertiary/aromatic N) is 2. The maximum atomic E-state index is 3.00. The van der Waals surface area contributed by atoms with Crippen LogP contribution in [0.3, 0.4) is 0 Å². The van der Waals surface area contributed by atoms with E-state index in [1.165, 1.54) is 49.7 Å². The zero-order valence-corrected chi connectivity index (χ0v) is 25.6. The minimum atomic E-state index is 1.12. The second kappa shape index (κ2) is 12.9. The van der Waals surface area contributed by atoms with Crippen molar-refractivity contribution in [2.24, 2.45) is 0 Å². The number of benzene rings is 7. The van der Waals surface area contributed by atoms with Crippen LogP contribution in [-0.4, -0.2) is 4.57 Å². The molecule has 0 fully saturated rings. The van der Waals surface area contributed by atoms with E-state index in [1.807, 2.05) is 0 Å². The Labute approximate surface area is 270 Å². The first-order valence-corrected chi connectivity index (χ1v) is 15.5. The molecule has 0 aliphatic rings. The van der Waals surface area contributed by atoms with Crippen molar-refractivity contribution < 1.29 is 0 Å². The van der Waals surface area contributed by atoms with Crippen molar-refractivity contribution in [2.45, 2.75) is 0 Å². The van der Waals surface area contributed by atoms with E-state index in [2.05, 4.69) is 205 Å². The van der Waals surface area contributed by atoms with Gasteiger partial charge >= 0.3 is 0 Å². The molecule has 0 bridgehead atoms. The molecule has 0 amide bonds. The van der Waals surface area contributed by atoms with Gasteiger partial charge in [-0.2, -0.15) is 0 Å². The highest BCUT2D eigenvalue weighted by atomic mass is 15.1. The fourth-order valence-electron chi connectivity index (χ4n) is 6.27. The molecule has 0 unspecified atom stereocenters. The molecule has 0 N–H and O–H groups in total. The van der Waals surface area contributed by atoms with Gasteiger partial charge in [0, 0.05) is 33.5 Å². The summed E-state index contributed by atoms with van der Waals surface area (Å²) in [6.07, 6.45) is 0. The first-order valence-electron chi connectivity index (χ1n) is 15.5. The second-order valence-electron chi connectivity index (χ2n) is 11.1. The monoisotopic (exact) mass is 590 g/mol. The molecular weight excluding hydrogens is 556 g/mol. The Bertz CT molecular complexity index is 2200. The molecule has 7 aromatic carbocycles. The number of anilines is 3. The van der Waals surface area contributed by atoms with Gasteiger partial charge in [0.15, 0.2) is 0 Å². The van der Waals surface area contributed by atoms with E-state index in [1.54, 1.807) is 0 Å². The van der Waals surface area contributed by atoms with Crippen molar-refractivity contribution in [3.8, 4) is 27.9 Å². The maximum Gasteiger partial charge on any atom is 0.0541 e. The van der Waals surface area contributed by atoms with Crippen LogP contribution in [0.15, 0.2) is 195 Å². The molecule has 0 aliphatic carbocycles. The molecule has 1 aromatic heterocycles. The lowest BCUT2D eigenvalue weighted by Crippen LogP contribution is -2.09. The summed E-state index contributed by atoms with van der Waals surface area (Å²) in [5.41, 5.74) is 11.8. The zero-order valence-electron chi connectivity index (χ0n) is 25.6. The lowest BCUT2D eigenvalue weighted by molar-refractivity contribution is 1.18. The summed E-state index contributed by atoms with van der Waals surface area (Å²) in [4.78, 5) is 2.31. The van der Waals surface area contributed by atoms with E-state index >= 15 is 0 Å². The van der Waals surface area contributed by atoms with Crippen molar-refractivity contribution in [3.63, 3.8) is 0 Å². The van der Waals surface area contributed by atoms with Crippen LogP contribution in [0.25, 0.3) is 49.7 Å². The standard InChI is InChI=1S/C42H30N2.C2H4/c1-4-12-31(13-5-1)32-20-25-37(26-21-32)43(35-14-6-2-7-15-35)38-27-22-33(23-28-38)34-24-29-42-40(30-34)39-18-10-11-19-41(39)44(42)36-16-8-3-9-17-36;1-2/h1-30H;1-2H2. The summed E-state index contributed by atoms with van der Waals surface area (Å²) in [5.74, 6) is 0. The normalized spacial score (nSPS) is 10.8. The van der Waals surface area contributed by atoms with Gasteiger partial charge in [0.05, 0.1) is 11.0 Å². The summed E-state index contributed by atoms with van der Waals surface area (Å²) in [6.45, 7) is 6.00. The van der Waals surface area contributed by atoms with Gasteiger partial charge in [-0.3, -0.25) is 0 Å². The highest BCUT2D eigenvalue weighted by molar-refractivity contribution is 6.10. The fraction of sp³-hybridized carbons (Fsp3) is 0. The molecular formula is C44H34N2. The molecule has 1 heterocycles. The van der Waals surface area contributed by atoms with Gasteiger partial charge in [0.1, 0.15) is 0 Å². The molecule has 2 heteroatoms. The first kappa shape index (κ1) is 28.6. The third-order valence-electron chi connectivity index (χ3n) is 8.39. The number of rotatable bonds is 6. The summed E-state index contributed by atoms with van der Waals surface area (Å²) in [6, 6.07) is 65.0. The van der Waals surface area contributed by atoms with Crippen molar-refractivity contribution in [3.05, 3.63) is 195 Å². The van der Waals surface area contributed by atoms with Crippen LogP contribution >= 0.6 is 0 Å². The van der Waals surface area contributed by atoms with E-state index in [4.69, 9.17) is 0 Å². The number of para-hydroxylation sites is 3. The van der Waals surface area contributed by atoms with Gasteiger partial charge in [-0.15, -0.1) is 13.2 Å². The van der Waals surface area contributed by atoms with Gasteiger partial charge in [-0.25, -0.2) is 0 Å². The summed E-state index contributed by atoms with van der Waals surface area (Å²) in [7, 11) is 0. The number of fused-ring (bicyclic) bond motifs is 3. The molecule has 0 spiro atoms. The average molecular weight is 591 g/mol. The van der Waals surface area contributed by atoms with Gasteiger partial charge < -0.3 is 9.47 Å². The molecule has 2 nitrogen and oxygen atoms in total. The van der Waals surface area contributed by atoms with E-state index in [-0.39, 0.29) is 0 Å². The van der Waals surface area contributed by atoms with Crippen LogP contribution in [0.2, 0.25) is 0 Å². The predicted octanol–water partition coefficient (Wildman–Crippen LogP) is 12.4. The molecule has 0 aliphatic heterocycles. The second-order valence-corrected chi connectivity index (χ2v) is 11.1. The molecule has 0 radical (unpaired) electrons. The molecule has 220 valence electrons. The highest BCUT2D eigenvalue weighted by Crippen LogP contribution is 2.38. The summed E-state index contributed by atoms with van der Waals surface area (Å²) in [5, 5.41) is 2.52. The SMILES string of the molecule is C=C.c1ccc(-c2ccc(N(c3ccccc3)c3ccc(-c4ccc5c(c4)c4ccccc4n5-c4ccccc4)cc3)cc2)cc1. The Kier molecular flexibility index (Phi) is 8.00. The van der Waals surface area contributed by atoms with E-state index in [0.29, 0.717) is 0 Å². The third kappa shape index (κ3) is 5.38. The van der Waals surface area contributed by atoms with Crippen LogP contribution in [0, 0.1) is 0 Å². The van der Waals surface area contributed by atoms with Crippen molar-refractivity contribution >= 4 is 38.9 Å².